The molecule has 0 aliphatic rings. The molecule has 1 atom stereocenters. The van der Waals surface area contributed by atoms with E-state index in [0.717, 1.165) is 17.2 Å². The van der Waals surface area contributed by atoms with Gasteiger partial charge in [-0.25, -0.2) is 0 Å². The minimum absolute atomic E-state index is 0.0289. The minimum Gasteiger partial charge on any atom is -0.464 e. The maximum absolute atomic E-state index is 11.3. The summed E-state index contributed by atoms with van der Waals surface area (Å²) in [6, 6.07) is 9.26. The van der Waals surface area contributed by atoms with Crippen LogP contribution in [0.2, 0.25) is 0 Å². The van der Waals surface area contributed by atoms with E-state index in [4.69, 9.17) is 10.2 Å². The van der Waals surface area contributed by atoms with Gasteiger partial charge >= 0.3 is 0 Å². The molecule has 0 saturated carbocycles. The van der Waals surface area contributed by atoms with E-state index >= 15 is 0 Å². The van der Waals surface area contributed by atoms with E-state index in [-0.39, 0.29) is 11.8 Å². The van der Waals surface area contributed by atoms with E-state index in [1.165, 1.54) is 6.92 Å². The molecule has 0 amide bonds. The maximum Gasteiger partial charge on any atom is 0.161 e. The SMILES string of the molecule is CC(=O)c1ccc(NC(C)c2ccc(C)o2)cc1N. The molecule has 2 rings (SSSR count). The Morgan fingerprint density at radius 3 is 2.58 bits per heavy atom. The molecule has 0 bridgehead atoms. The number of nitrogen functional groups attached to an aromatic ring is 1. The van der Waals surface area contributed by atoms with Crippen LogP contribution < -0.4 is 11.1 Å². The van der Waals surface area contributed by atoms with Gasteiger partial charge in [-0.3, -0.25) is 4.79 Å². The minimum atomic E-state index is -0.0289. The third kappa shape index (κ3) is 2.96. The van der Waals surface area contributed by atoms with Gasteiger partial charge < -0.3 is 15.5 Å². The summed E-state index contributed by atoms with van der Waals surface area (Å²) in [5, 5.41) is 3.29. The Kier molecular flexibility index (Phi) is 3.60. The second kappa shape index (κ2) is 5.18. The van der Waals surface area contributed by atoms with Crippen molar-refractivity contribution in [1.29, 1.82) is 0 Å². The van der Waals surface area contributed by atoms with Crippen LogP contribution in [0.5, 0.6) is 0 Å². The van der Waals surface area contributed by atoms with Gasteiger partial charge in [0, 0.05) is 16.9 Å². The molecule has 4 nitrogen and oxygen atoms in total. The van der Waals surface area contributed by atoms with Crippen molar-refractivity contribution in [2.24, 2.45) is 0 Å². The van der Waals surface area contributed by atoms with Gasteiger partial charge in [0.05, 0.1) is 6.04 Å². The number of anilines is 2. The Morgan fingerprint density at radius 1 is 1.32 bits per heavy atom. The van der Waals surface area contributed by atoms with Gasteiger partial charge in [0.1, 0.15) is 11.5 Å². The van der Waals surface area contributed by atoms with Crippen LogP contribution in [0.15, 0.2) is 34.7 Å². The monoisotopic (exact) mass is 258 g/mol. The van der Waals surface area contributed by atoms with Gasteiger partial charge in [-0.15, -0.1) is 0 Å². The van der Waals surface area contributed by atoms with Crippen molar-refractivity contribution in [3.8, 4) is 0 Å². The Balaban J connectivity index is 2.15. The highest BCUT2D eigenvalue weighted by molar-refractivity contribution is 5.99. The van der Waals surface area contributed by atoms with E-state index in [1.807, 2.05) is 32.0 Å². The first-order chi connectivity index (χ1) is 8.97. The van der Waals surface area contributed by atoms with Gasteiger partial charge in [0.15, 0.2) is 5.78 Å². The molecule has 1 aromatic heterocycles. The first-order valence-electron chi connectivity index (χ1n) is 6.20. The van der Waals surface area contributed by atoms with Crippen LogP contribution in [-0.4, -0.2) is 5.78 Å². The molecule has 0 aliphatic heterocycles. The Labute approximate surface area is 112 Å². The molecule has 100 valence electrons. The molecule has 0 spiro atoms. The van der Waals surface area contributed by atoms with Crippen molar-refractivity contribution < 1.29 is 9.21 Å². The number of carbonyl (C=O) groups is 1. The maximum atomic E-state index is 11.3. The van der Waals surface area contributed by atoms with Gasteiger partial charge in [-0.05, 0) is 51.1 Å². The fourth-order valence-electron chi connectivity index (χ4n) is 1.98. The van der Waals surface area contributed by atoms with E-state index in [9.17, 15) is 4.79 Å². The fourth-order valence-corrected chi connectivity index (χ4v) is 1.98. The standard InChI is InChI=1S/C15H18N2O2/c1-9-4-7-15(19-9)10(2)17-12-5-6-13(11(3)18)14(16)8-12/h4-8,10,17H,16H2,1-3H3. The molecule has 4 heteroatoms. The Bertz CT molecular complexity index is 602. The zero-order chi connectivity index (χ0) is 14.0. The highest BCUT2D eigenvalue weighted by Crippen LogP contribution is 2.24. The molecule has 1 aromatic carbocycles. The summed E-state index contributed by atoms with van der Waals surface area (Å²) in [6.45, 7) is 5.43. The first-order valence-corrected chi connectivity index (χ1v) is 6.20. The number of hydrogen-bond donors (Lipinski definition) is 2. The summed E-state index contributed by atoms with van der Waals surface area (Å²) in [5.74, 6) is 1.72. The second-order valence-electron chi connectivity index (χ2n) is 4.67. The average Bonchev–Trinajstić information content (AvgIpc) is 2.75. The third-order valence-corrected chi connectivity index (χ3v) is 3.00. The molecule has 1 heterocycles. The molecular weight excluding hydrogens is 240 g/mol. The van der Waals surface area contributed by atoms with Crippen molar-refractivity contribution in [3.05, 3.63) is 47.4 Å². The van der Waals surface area contributed by atoms with E-state index < -0.39 is 0 Å². The lowest BCUT2D eigenvalue weighted by Gasteiger charge is -2.14. The molecule has 0 radical (unpaired) electrons. The molecule has 1 unspecified atom stereocenters. The lowest BCUT2D eigenvalue weighted by atomic mass is 10.1. The van der Waals surface area contributed by atoms with Crippen molar-refractivity contribution in [2.75, 3.05) is 11.1 Å². The number of ketones is 1. The zero-order valence-electron chi connectivity index (χ0n) is 11.4. The summed E-state index contributed by atoms with van der Waals surface area (Å²) in [4.78, 5) is 11.3. The van der Waals surface area contributed by atoms with Crippen molar-refractivity contribution >= 4 is 17.2 Å². The number of hydrogen-bond acceptors (Lipinski definition) is 4. The van der Waals surface area contributed by atoms with Gasteiger partial charge in [0.2, 0.25) is 0 Å². The molecule has 0 aliphatic carbocycles. The average molecular weight is 258 g/mol. The number of nitrogens with one attached hydrogen (secondary N) is 1. The van der Waals surface area contributed by atoms with E-state index in [2.05, 4.69) is 5.32 Å². The number of nitrogens with two attached hydrogens (primary N) is 1. The Morgan fingerprint density at radius 2 is 2.05 bits per heavy atom. The highest BCUT2D eigenvalue weighted by Gasteiger charge is 2.11. The molecule has 2 aromatic rings. The van der Waals surface area contributed by atoms with Crippen LogP contribution in [0.1, 0.15) is 41.8 Å². The summed E-state index contributed by atoms with van der Waals surface area (Å²) in [7, 11) is 0. The summed E-state index contributed by atoms with van der Waals surface area (Å²) >= 11 is 0. The van der Waals surface area contributed by atoms with Crippen molar-refractivity contribution in [2.45, 2.75) is 26.8 Å². The quantitative estimate of drug-likeness (QED) is 0.650. The van der Waals surface area contributed by atoms with Gasteiger partial charge in [-0.2, -0.15) is 0 Å². The highest BCUT2D eigenvalue weighted by atomic mass is 16.3. The third-order valence-electron chi connectivity index (χ3n) is 3.00. The largest absolute Gasteiger partial charge is 0.464 e. The second-order valence-corrected chi connectivity index (χ2v) is 4.67. The number of furan rings is 1. The first kappa shape index (κ1) is 13.2. The predicted octanol–water partition coefficient (Wildman–Crippen LogP) is 3.55. The van der Waals surface area contributed by atoms with Crippen molar-refractivity contribution in [3.63, 3.8) is 0 Å². The number of carbonyl (C=O) groups excluding carboxylic acids is 1. The lowest BCUT2D eigenvalue weighted by Crippen LogP contribution is -2.07. The molecule has 0 saturated heterocycles. The summed E-state index contributed by atoms with van der Waals surface area (Å²) < 4.78 is 5.56. The van der Waals surface area contributed by atoms with Gasteiger partial charge in [-0.1, -0.05) is 0 Å². The number of Topliss-reactive ketones (excluding diaryl/α,β-unsaturated/α-hetero) is 1. The van der Waals surface area contributed by atoms with E-state index in [1.54, 1.807) is 12.1 Å². The lowest BCUT2D eigenvalue weighted by molar-refractivity contribution is 0.101. The van der Waals surface area contributed by atoms with Crippen molar-refractivity contribution in [1.82, 2.24) is 0 Å². The van der Waals surface area contributed by atoms with Crippen LogP contribution in [0.25, 0.3) is 0 Å². The molecule has 19 heavy (non-hydrogen) atoms. The normalized spacial score (nSPS) is 12.2. The molecular formula is C15H18N2O2. The Hall–Kier alpha value is -2.23. The van der Waals surface area contributed by atoms with Crippen LogP contribution in [0, 0.1) is 6.92 Å². The van der Waals surface area contributed by atoms with Crippen LogP contribution in [0.4, 0.5) is 11.4 Å². The van der Waals surface area contributed by atoms with E-state index in [0.29, 0.717) is 11.3 Å². The zero-order valence-corrected chi connectivity index (χ0v) is 11.4. The number of aryl methyl sites for hydroxylation is 1. The van der Waals surface area contributed by atoms with Crippen LogP contribution in [0.3, 0.4) is 0 Å². The molecule has 3 N–H and O–H groups in total. The topological polar surface area (TPSA) is 68.3 Å². The number of rotatable bonds is 4. The fraction of sp³-hybridized carbons (Fsp3) is 0.267. The number of benzene rings is 1. The summed E-state index contributed by atoms with van der Waals surface area (Å²) in [6.07, 6.45) is 0. The smallest absolute Gasteiger partial charge is 0.161 e. The molecule has 0 fully saturated rings. The van der Waals surface area contributed by atoms with Gasteiger partial charge in [0.25, 0.3) is 0 Å². The predicted molar refractivity (Wildman–Crippen MR) is 76.3 cm³/mol. The van der Waals surface area contributed by atoms with Crippen LogP contribution >= 0.6 is 0 Å². The summed E-state index contributed by atoms with van der Waals surface area (Å²) in [5.41, 5.74) is 7.76. The van der Waals surface area contributed by atoms with Crippen LogP contribution in [-0.2, 0) is 0 Å².